The van der Waals surface area contributed by atoms with Crippen molar-refractivity contribution in [3.8, 4) is 0 Å². The fourth-order valence-corrected chi connectivity index (χ4v) is 4.29. The molecule has 1 aromatic carbocycles. The molecule has 1 unspecified atom stereocenters. The maximum atomic E-state index is 5.88. The Hall–Kier alpha value is -0.980. The third-order valence-electron chi connectivity index (χ3n) is 5.71. The van der Waals surface area contributed by atoms with Crippen molar-refractivity contribution in [2.24, 2.45) is 11.1 Å². The van der Waals surface area contributed by atoms with Gasteiger partial charge in [0.1, 0.15) is 0 Å². The average molecular weight is 397 g/mol. The molecule has 0 aliphatic heterocycles. The van der Waals surface area contributed by atoms with E-state index in [2.05, 4.69) is 37.3 Å². The summed E-state index contributed by atoms with van der Waals surface area (Å²) >= 11 is 0. The minimum atomic E-state index is -1.07. The molecule has 28 heavy (non-hydrogen) atoms. The molecule has 0 amide bonds. The molecule has 0 fully saturated rings. The number of nitrogens with two attached hydrogens (primary N) is 1. The smallest absolute Gasteiger partial charge is 0.288 e. The minimum absolute atomic E-state index is 0. The van der Waals surface area contributed by atoms with Crippen LogP contribution in [0.15, 0.2) is 30.3 Å². The van der Waals surface area contributed by atoms with E-state index in [0.29, 0.717) is 6.54 Å². The van der Waals surface area contributed by atoms with E-state index in [1.54, 1.807) is 21.3 Å². The number of methoxy groups -OCH3 is 3. The summed E-state index contributed by atoms with van der Waals surface area (Å²) in [6.45, 7) is 2.90. The van der Waals surface area contributed by atoms with E-state index in [1.807, 2.05) is 0 Å². The van der Waals surface area contributed by atoms with Gasteiger partial charge < -0.3 is 26.1 Å². The third-order valence-corrected chi connectivity index (χ3v) is 5.71. The van der Waals surface area contributed by atoms with Gasteiger partial charge >= 0.3 is 0 Å². The van der Waals surface area contributed by atoms with Gasteiger partial charge in [-0.1, -0.05) is 75.8 Å². The average Bonchev–Trinajstić information content (AvgIpc) is 2.71. The Kier molecular flexibility index (Phi) is 14.4. The van der Waals surface area contributed by atoms with Crippen LogP contribution in [0.5, 0.6) is 0 Å². The lowest BCUT2D eigenvalue weighted by Gasteiger charge is -2.47. The molecular weight excluding hydrogens is 352 g/mol. The van der Waals surface area contributed by atoms with Crippen LogP contribution in [0.1, 0.15) is 70.3 Å². The summed E-state index contributed by atoms with van der Waals surface area (Å²) in [5.41, 5.74) is 6.88. The van der Waals surface area contributed by atoms with Crippen molar-refractivity contribution in [2.45, 2.75) is 77.1 Å². The van der Waals surface area contributed by atoms with Crippen molar-refractivity contribution in [3.63, 3.8) is 0 Å². The molecule has 0 aromatic heterocycles. The SMILES string of the molecule is CCCCCCCCC(CCCN)(Cc1ccccc1)C(OC)(OC)OC.N. The van der Waals surface area contributed by atoms with Crippen molar-refractivity contribution in [3.05, 3.63) is 35.9 Å². The lowest BCUT2D eigenvalue weighted by atomic mass is 9.71. The second-order valence-electron chi connectivity index (χ2n) is 7.52. The van der Waals surface area contributed by atoms with Gasteiger partial charge in [0.25, 0.3) is 5.97 Å². The topological polar surface area (TPSA) is 88.7 Å². The summed E-state index contributed by atoms with van der Waals surface area (Å²) in [5, 5.41) is 0. The summed E-state index contributed by atoms with van der Waals surface area (Å²) < 4.78 is 17.6. The fourth-order valence-electron chi connectivity index (χ4n) is 4.29. The van der Waals surface area contributed by atoms with Crippen molar-refractivity contribution in [1.29, 1.82) is 0 Å². The molecule has 1 rings (SSSR count). The van der Waals surface area contributed by atoms with E-state index in [4.69, 9.17) is 19.9 Å². The highest BCUT2D eigenvalue weighted by atomic mass is 16.9. The number of benzene rings is 1. The number of rotatable bonds is 16. The monoisotopic (exact) mass is 396 g/mol. The number of hydrogen-bond acceptors (Lipinski definition) is 5. The van der Waals surface area contributed by atoms with Crippen LogP contribution in [0.3, 0.4) is 0 Å². The highest BCUT2D eigenvalue weighted by Gasteiger charge is 2.52. The standard InChI is InChI=1S/C23H41NO3.H3N/c1-5-6-7-8-9-13-17-22(18-14-19-24,23(25-2,26-3)27-4)20-21-15-11-10-12-16-21;/h10-12,15-16H,5-9,13-14,17-20,24H2,1-4H3;1H3. The molecule has 0 bridgehead atoms. The lowest BCUT2D eigenvalue weighted by molar-refractivity contribution is -0.410. The Morgan fingerprint density at radius 3 is 1.86 bits per heavy atom. The van der Waals surface area contributed by atoms with Gasteiger partial charge in [-0.25, -0.2) is 0 Å². The normalized spacial score (nSPS) is 13.8. The number of ether oxygens (including phenoxy) is 3. The van der Waals surface area contributed by atoms with Crippen molar-refractivity contribution < 1.29 is 14.2 Å². The van der Waals surface area contributed by atoms with Gasteiger partial charge in [0.05, 0.1) is 5.41 Å². The van der Waals surface area contributed by atoms with Gasteiger partial charge in [-0.3, -0.25) is 0 Å². The minimum Gasteiger partial charge on any atom is -0.344 e. The molecule has 0 heterocycles. The molecule has 0 aliphatic rings. The Balaban J connectivity index is 0.00000729. The van der Waals surface area contributed by atoms with Gasteiger partial charge in [-0.2, -0.15) is 0 Å². The molecule has 5 N–H and O–H groups in total. The van der Waals surface area contributed by atoms with Gasteiger partial charge in [-0.05, 0) is 37.8 Å². The number of hydrogen-bond donors (Lipinski definition) is 2. The molecule has 0 saturated carbocycles. The molecule has 0 saturated heterocycles. The van der Waals surface area contributed by atoms with Crippen LogP contribution in [0.2, 0.25) is 0 Å². The highest BCUT2D eigenvalue weighted by Crippen LogP contribution is 2.47. The van der Waals surface area contributed by atoms with Gasteiger partial charge in [-0.15, -0.1) is 0 Å². The summed E-state index contributed by atoms with van der Waals surface area (Å²) in [7, 11) is 5.03. The molecule has 0 radical (unpaired) electrons. The van der Waals surface area contributed by atoms with Crippen LogP contribution in [-0.2, 0) is 20.6 Å². The maximum Gasteiger partial charge on any atom is 0.288 e. The molecule has 0 aliphatic carbocycles. The third kappa shape index (κ3) is 7.45. The molecular formula is C23H44N2O3. The van der Waals surface area contributed by atoms with Crippen LogP contribution in [0, 0.1) is 5.41 Å². The first-order valence-electron chi connectivity index (χ1n) is 10.5. The molecule has 5 nitrogen and oxygen atoms in total. The van der Waals surface area contributed by atoms with Gasteiger partial charge in [0.2, 0.25) is 0 Å². The summed E-state index contributed by atoms with van der Waals surface area (Å²) in [4.78, 5) is 0. The first-order chi connectivity index (χ1) is 13.1. The van der Waals surface area contributed by atoms with E-state index in [-0.39, 0.29) is 11.6 Å². The van der Waals surface area contributed by atoms with Crippen LogP contribution in [0.4, 0.5) is 0 Å². The van der Waals surface area contributed by atoms with Gasteiger partial charge in [0, 0.05) is 21.3 Å². The van der Waals surface area contributed by atoms with Crippen LogP contribution < -0.4 is 11.9 Å². The zero-order chi connectivity index (χ0) is 20.0. The zero-order valence-electron chi connectivity index (χ0n) is 18.7. The van der Waals surface area contributed by atoms with Crippen molar-refractivity contribution >= 4 is 0 Å². The van der Waals surface area contributed by atoms with E-state index in [0.717, 1.165) is 32.1 Å². The predicted molar refractivity (Wildman–Crippen MR) is 118 cm³/mol. The second kappa shape index (κ2) is 14.9. The quantitative estimate of drug-likeness (QED) is 0.286. The Labute approximate surface area is 172 Å². The zero-order valence-corrected chi connectivity index (χ0v) is 18.7. The Bertz CT molecular complexity index is 472. The highest BCUT2D eigenvalue weighted by molar-refractivity contribution is 5.17. The first kappa shape index (κ1) is 27.0. The van der Waals surface area contributed by atoms with E-state index >= 15 is 0 Å². The first-order valence-corrected chi connectivity index (χ1v) is 10.5. The van der Waals surface area contributed by atoms with Crippen LogP contribution in [-0.4, -0.2) is 33.8 Å². The molecule has 1 aromatic rings. The Morgan fingerprint density at radius 1 is 0.786 bits per heavy atom. The lowest BCUT2D eigenvalue weighted by Crippen LogP contribution is -2.54. The maximum absolute atomic E-state index is 5.88. The van der Waals surface area contributed by atoms with E-state index in [1.165, 1.54) is 37.7 Å². The van der Waals surface area contributed by atoms with Gasteiger partial charge in [0.15, 0.2) is 0 Å². The van der Waals surface area contributed by atoms with Crippen LogP contribution in [0.25, 0.3) is 0 Å². The van der Waals surface area contributed by atoms with Crippen molar-refractivity contribution in [1.82, 2.24) is 6.15 Å². The molecule has 5 heteroatoms. The van der Waals surface area contributed by atoms with E-state index < -0.39 is 5.97 Å². The molecule has 164 valence electrons. The predicted octanol–water partition coefficient (Wildman–Crippen LogP) is 5.46. The fraction of sp³-hybridized carbons (Fsp3) is 0.739. The number of unbranched alkanes of at least 4 members (excludes halogenated alkanes) is 5. The van der Waals surface area contributed by atoms with Crippen molar-refractivity contribution in [2.75, 3.05) is 27.9 Å². The van der Waals surface area contributed by atoms with Crippen LogP contribution >= 0.6 is 0 Å². The largest absolute Gasteiger partial charge is 0.344 e. The summed E-state index contributed by atoms with van der Waals surface area (Å²) in [5.74, 6) is -1.07. The Morgan fingerprint density at radius 2 is 1.32 bits per heavy atom. The molecule has 1 atom stereocenters. The molecule has 0 spiro atoms. The van der Waals surface area contributed by atoms with E-state index in [9.17, 15) is 0 Å². The summed E-state index contributed by atoms with van der Waals surface area (Å²) in [6.07, 6.45) is 11.2. The summed E-state index contributed by atoms with van der Waals surface area (Å²) in [6, 6.07) is 10.6. The second-order valence-corrected chi connectivity index (χ2v) is 7.52.